The fourth-order valence-electron chi connectivity index (χ4n) is 18.5. The zero-order valence-corrected chi connectivity index (χ0v) is 56.9. The molecule has 6 aliphatic heterocycles. The molecule has 6 aliphatic rings. The highest BCUT2D eigenvalue weighted by atomic mass is 15.4. The van der Waals surface area contributed by atoms with Gasteiger partial charge < -0.3 is 51.5 Å². The molecule has 6 N–H and O–H groups in total. The van der Waals surface area contributed by atoms with Crippen molar-refractivity contribution >= 4 is 35.7 Å². The summed E-state index contributed by atoms with van der Waals surface area (Å²) in [7, 11) is 0. The number of anilines is 6. The lowest BCUT2D eigenvalue weighted by molar-refractivity contribution is 0.122. The minimum Gasteiger partial charge on any atom is -0.354 e. The maximum atomic E-state index is 5.64. The molecular weight excluding hydrogens is 1020 g/mol. The third-order valence-corrected chi connectivity index (χ3v) is 19.6. The topological polar surface area (TPSA) is 162 Å². The zero-order valence-electron chi connectivity index (χ0n) is 56.9. The Labute approximate surface area is 500 Å². The normalized spacial score (nSPS) is 27.1. The molecule has 8 heterocycles. The van der Waals surface area contributed by atoms with Gasteiger partial charge in [0, 0.05) is 104 Å². The highest BCUT2D eigenvalue weighted by Gasteiger charge is 2.51. The Kier molecular flexibility index (Phi) is 17.7. The Bertz CT molecular complexity index is 2180. The summed E-state index contributed by atoms with van der Waals surface area (Å²) in [6.07, 6.45) is 19.0. The number of hydrogen-bond donors (Lipinski definition) is 6. The van der Waals surface area contributed by atoms with Gasteiger partial charge in [0.25, 0.3) is 0 Å². The second kappa shape index (κ2) is 22.4. The minimum absolute atomic E-state index is 0.0459. The van der Waals surface area contributed by atoms with Gasteiger partial charge >= 0.3 is 0 Å². The standard InChI is InChI=1S/C66H122N16/c1-55(2)37-45(38-56(3,4)75-55)79(46-39-57(5,6)76-58(7,8)40-46)51-69-49(71-53(73-51)81-63(17,18)31-29-32-64(81,19)20)67-35-27-25-26-28-36-68-50-70-52(74-54(72-50)82-65(21,22)33-30-34-66(82,23)24)80(47-41-59(9,10)77-60(11,12)42-47)48-43-61(13,14)78-62(15,16)44-48/h45-48,75-78H,25-44H2,1-24H3,(H,67,69,71,73)(H,68,70,72,74). The van der Waals surface area contributed by atoms with Crippen molar-refractivity contribution in [3.05, 3.63) is 0 Å². The largest absolute Gasteiger partial charge is 0.354 e. The van der Waals surface area contributed by atoms with E-state index in [1.165, 1.54) is 12.8 Å². The molecule has 6 fully saturated rings. The minimum atomic E-state index is -0.110. The van der Waals surface area contributed by atoms with Gasteiger partial charge in [-0.25, -0.2) is 0 Å². The van der Waals surface area contributed by atoms with E-state index in [1.54, 1.807) is 0 Å². The molecule has 16 heteroatoms. The lowest BCUT2D eigenvalue weighted by atomic mass is 9.75. The molecule has 16 nitrogen and oxygen atoms in total. The molecule has 8 rings (SSSR count). The van der Waals surface area contributed by atoms with Gasteiger partial charge in [-0.3, -0.25) is 0 Å². The van der Waals surface area contributed by atoms with E-state index in [-0.39, 0.29) is 90.6 Å². The van der Waals surface area contributed by atoms with Crippen LogP contribution in [-0.2, 0) is 0 Å². The number of piperidine rings is 6. The maximum absolute atomic E-state index is 5.64. The van der Waals surface area contributed by atoms with Gasteiger partial charge in [0.15, 0.2) is 0 Å². The molecule has 0 bridgehead atoms. The predicted molar refractivity (Wildman–Crippen MR) is 346 cm³/mol. The van der Waals surface area contributed by atoms with Crippen LogP contribution < -0.4 is 51.5 Å². The first kappa shape index (κ1) is 64.7. The van der Waals surface area contributed by atoms with E-state index >= 15 is 0 Å². The van der Waals surface area contributed by atoms with Crippen molar-refractivity contribution < 1.29 is 0 Å². The quantitative estimate of drug-likeness (QED) is 0.0829. The summed E-state index contributed by atoms with van der Waals surface area (Å²) in [5.74, 6) is 4.61. The third kappa shape index (κ3) is 15.6. The molecule has 0 aliphatic carbocycles. The van der Waals surface area contributed by atoms with Crippen LogP contribution >= 0.6 is 0 Å². The summed E-state index contributed by atoms with van der Waals surface area (Å²) in [5, 5.41) is 23.5. The summed E-state index contributed by atoms with van der Waals surface area (Å²) >= 11 is 0. The van der Waals surface area contributed by atoms with Crippen LogP contribution in [0.5, 0.6) is 0 Å². The molecule has 0 radical (unpaired) electrons. The van der Waals surface area contributed by atoms with Crippen LogP contribution in [-0.4, -0.2) is 134 Å². The first-order chi connectivity index (χ1) is 37.4. The second-order valence-corrected chi connectivity index (χ2v) is 35.0. The van der Waals surface area contributed by atoms with Crippen LogP contribution in [0.25, 0.3) is 0 Å². The maximum Gasteiger partial charge on any atom is 0.232 e. The van der Waals surface area contributed by atoms with Crippen molar-refractivity contribution in [2.24, 2.45) is 0 Å². The van der Waals surface area contributed by atoms with E-state index in [4.69, 9.17) is 29.9 Å². The summed E-state index contributed by atoms with van der Waals surface area (Å²) in [5.41, 5.74) is -0.806. The van der Waals surface area contributed by atoms with E-state index in [9.17, 15) is 0 Å². The fraction of sp³-hybridized carbons (Fsp3) is 0.909. The van der Waals surface area contributed by atoms with Crippen LogP contribution in [0.3, 0.4) is 0 Å². The summed E-state index contributed by atoms with van der Waals surface area (Å²) < 4.78 is 0. The molecule has 0 unspecified atom stereocenters. The monoisotopic (exact) mass is 1140 g/mol. The Morgan fingerprint density at radius 1 is 0.341 bits per heavy atom. The van der Waals surface area contributed by atoms with Crippen molar-refractivity contribution in [2.45, 2.75) is 372 Å². The molecule has 0 spiro atoms. The van der Waals surface area contributed by atoms with E-state index in [1.807, 2.05) is 0 Å². The molecule has 6 saturated heterocycles. The third-order valence-electron chi connectivity index (χ3n) is 19.6. The van der Waals surface area contributed by atoms with E-state index in [0.717, 1.165) is 140 Å². The van der Waals surface area contributed by atoms with E-state index in [0.29, 0.717) is 11.9 Å². The summed E-state index contributed by atoms with van der Waals surface area (Å²) in [6, 6.07) is 1.01. The van der Waals surface area contributed by atoms with Crippen molar-refractivity contribution in [1.82, 2.24) is 51.2 Å². The number of unbranched alkanes of at least 4 members (excludes halogenated alkanes) is 3. The molecule has 466 valence electrons. The van der Waals surface area contributed by atoms with Crippen LogP contribution in [0.1, 0.15) is 282 Å². The van der Waals surface area contributed by atoms with Crippen molar-refractivity contribution in [3.8, 4) is 0 Å². The van der Waals surface area contributed by atoms with Crippen LogP contribution in [0, 0.1) is 0 Å². The number of nitrogens with one attached hydrogen (secondary N) is 6. The van der Waals surface area contributed by atoms with Crippen molar-refractivity contribution in [3.63, 3.8) is 0 Å². The highest BCUT2D eigenvalue weighted by molar-refractivity contribution is 5.52. The predicted octanol–water partition coefficient (Wildman–Crippen LogP) is 13.1. The SMILES string of the molecule is CC1(C)CC(N(c2nc(NCCCCCCNc3nc(N(C4CC(C)(C)NC(C)(C)C4)C4CC(C)(C)NC(C)(C)C4)nc(N4C(C)(C)CCCC4(C)C)n3)nc(N3C(C)(C)CCCC3(C)C)n2)C2CC(C)(C)NC(C)(C)C2)CC(C)(C)N1. The van der Waals surface area contributed by atoms with Crippen LogP contribution in [0.2, 0.25) is 0 Å². The van der Waals surface area contributed by atoms with Crippen molar-refractivity contribution in [2.75, 3.05) is 43.3 Å². The molecule has 0 saturated carbocycles. The lowest BCUT2D eigenvalue weighted by Gasteiger charge is -2.55. The zero-order chi connectivity index (χ0) is 60.7. The smallest absolute Gasteiger partial charge is 0.232 e. The highest BCUT2D eigenvalue weighted by Crippen LogP contribution is 2.46. The van der Waals surface area contributed by atoms with Gasteiger partial charge in [-0.15, -0.1) is 0 Å². The Morgan fingerprint density at radius 2 is 0.573 bits per heavy atom. The van der Waals surface area contributed by atoms with Gasteiger partial charge in [0.05, 0.1) is 0 Å². The molecule has 2 aromatic rings. The molecule has 0 aromatic carbocycles. The lowest BCUT2D eigenvalue weighted by Crippen LogP contribution is -2.67. The van der Waals surface area contributed by atoms with Gasteiger partial charge in [-0.2, -0.15) is 29.9 Å². The second-order valence-electron chi connectivity index (χ2n) is 35.0. The summed E-state index contributed by atoms with van der Waals surface area (Å²) in [4.78, 5) is 43.5. The Balaban J connectivity index is 1.04. The van der Waals surface area contributed by atoms with Gasteiger partial charge in [0.2, 0.25) is 35.7 Å². The average Bonchev–Trinajstić information content (AvgIpc) is 2.86. The average molecular weight is 1140 g/mol. The number of aromatic nitrogens is 6. The number of nitrogens with zero attached hydrogens (tertiary/aromatic N) is 10. The Hall–Kier alpha value is -3.34. The summed E-state index contributed by atoms with van der Waals surface area (Å²) in [6.45, 7) is 58.5. The van der Waals surface area contributed by atoms with E-state index in [2.05, 4.69) is 218 Å². The van der Waals surface area contributed by atoms with Gasteiger partial charge in [-0.1, -0.05) is 12.8 Å². The van der Waals surface area contributed by atoms with E-state index < -0.39 is 0 Å². The molecule has 0 amide bonds. The number of hydrogen-bond acceptors (Lipinski definition) is 16. The number of rotatable bonds is 17. The molecular formula is C66H122N16. The fourth-order valence-corrected chi connectivity index (χ4v) is 18.5. The Morgan fingerprint density at radius 3 is 0.805 bits per heavy atom. The van der Waals surface area contributed by atoms with Crippen molar-refractivity contribution in [1.29, 1.82) is 0 Å². The first-order valence-corrected chi connectivity index (χ1v) is 32.7. The van der Waals surface area contributed by atoms with Crippen LogP contribution in [0.4, 0.5) is 35.7 Å². The van der Waals surface area contributed by atoms with Gasteiger partial charge in [-0.05, 0) is 269 Å². The van der Waals surface area contributed by atoms with Gasteiger partial charge in [0.1, 0.15) is 0 Å². The van der Waals surface area contributed by atoms with Crippen LogP contribution in [0.15, 0.2) is 0 Å². The molecule has 0 atom stereocenters. The molecule has 82 heavy (non-hydrogen) atoms. The first-order valence-electron chi connectivity index (χ1n) is 32.7. The molecule has 2 aromatic heterocycles.